The highest BCUT2D eigenvalue weighted by Gasteiger charge is 2.38. The Labute approximate surface area is 199 Å². The van der Waals surface area contributed by atoms with Gasteiger partial charge in [0.2, 0.25) is 0 Å². The highest BCUT2D eigenvalue weighted by molar-refractivity contribution is 9.10. The van der Waals surface area contributed by atoms with E-state index in [4.69, 9.17) is 4.74 Å². The minimum Gasteiger partial charge on any atom is -0.480 e. The number of halogens is 6. The van der Waals surface area contributed by atoms with E-state index in [-0.39, 0.29) is 19.4 Å². The number of ether oxygens (including phenoxy) is 1. The van der Waals surface area contributed by atoms with Crippen molar-refractivity contribution in [3.63, 3.8) is 0 Å². The van der Waals surface area contributed by atoms with Gasteiger partial charge in [-0.15, -0.1) is 0 Å². The van der Waals surface area contributed by atoms with E-state index >= 15 is 0 Å². The molecule has 2 aromatic rings. The monoisotopic (exact) mass is 550 g/mol. The van der Waals surface area contributed by atoms with Crippen molar-refractivity contribution in [1.82, 2.24) is 5.32 Å². The van der Waals surface area contributed by atoms with Gasteiger partial charge in [0, 0.05) is 16.6 Å². The number of fused-ring (bicyclic) bond motifs is 1. The summed E-state index contributed by atoms with van der Waals surface area (Å²) in [5, 5.41) is 13.6. The molecule has 2 aromatic carbocycles. The lowest BCUT2D eigenvalue weighted by Gasteiger charge is -2.22. The predicted molar refractivity (Wildman–Crippen MR) is 115 cm³/mol. The number of benzene rings is 2. The average Bonchev–Trinajstić information content (AvgIpc) is 3.23. The molecule has 12 heteroatoms. The number of hydrogen-bond donors (Lipinski definition) is 3. The third-order valence-corrected chi connectivity index (χ3v) is 6.15. The maximum absolute atomic E-state index is 14.5. The summed E-state index contributed by atoms with van der Waals surface area (Å²) < 4.78 is 74.0. The van der Waals surface area contributed by atoms with Crippen LogP contribution in [0.2, 0.25) is 0 Å². The first kappa shape index (κ1) is 25.9. The molecule has 0 saturated heterocycles. The van der Waals surface area contributed by atoms with Crippen molar-refractivity contribution in [1.29, 1.82) is 0 Å². The smallest absolute Gasteiger partial charge is 0.408 e. The normalized spacial score (nSPS) is 14.9. The van der Waals surface area contributed by atoms with Gasteiger partial charge in [-0.1, -0.05) is 28.9 Å². The first-order valence-corrected chi connectivity index (χ1v) is 10.9. The Morgan fingerprint density at radius 2 is 1.76 bits per heavy atom. The van der Waals surface area contributed by atoms with Crippen LogP contribution in [0.15, 0.2) is 28.7 Å². The quantitative estimate of drug-likeness (QED) is 0.405. The zero-order chi connectivity index (χ0) is 25.2. The third kappa shape index (κ3) is 5.66. The average molecular weight is 551 g/mol. The molecule has 0 saturated carbocycles. The molecule has 6 nitrogen and oxygen atoms in total. The number of rotatable bonds is 8. The number of carboxylic acid groups (broad SMARTS) is 1. The van der Waals surface area contributed by atoms with Crippen LogP contribution in [0.4, 0.5) is 27.6 Å². The lowest BCUT2D eigenvalue weighted by Crippen LogP contribution is -2.43. The van der Waals surface area contributed by atoms with Gasteiger partial charge in [-0.2, -0.15) is 13.2 Å². The molecular weight excluding hydrogens is 531 g/mol. The Bertz CT molecular complexity index is 1090. The summed E-state index contributed by atoms with van der Waals surface area (Å²) in [4.78, 5) is 24.3. The van der Waals surface area contributed by atoms with Gasteiger partial charge in [-0.3, -0.25) is 4.79 Å². The maximum atomic E-state index is 14.5. The molecule has 1 amide bonds. The zero-order valence-corrected chi connectivity index (χ0v) is 19.3. The van der Waals surface area contributed by atoms with Crippen molar-refractivity contribution in [2.45, 2.75) is 51.2 Å². The molecule has 1 aliphatic rings. The summed E-state index contributed by atoms with van der Waals surface area (Å²) in [7, 11) is 0. The molecule has 3 N–H and O–H groups in total. The van der Waals surface area contributed by atoms with Gasteiger partial charge < -0.3 is 20.5 Å². The second kappa shape index (κ2) is 10.3. The Morgan fingerprint density at radius 1 is 1.15 bits per heavy atom. The minimum atomic E-state index is -4.65. The fourth-order valence-corrected chi connectivity index (χ4v) is 4.12. The molecule has 3 rings (SSSR count). The number of hydrogen-bond acceptors (Lipinski definition) is 4. The van der Waals surface area contributed by atoms with Crippen LogP contribution in [-0.2, 0) is 29.2 Å². The number of aliphatic carboxylic acids is 1. The number of alkyl halides is 3. The molecule has 0 aromatic heterocycles. The molecule has 2 atom stereocenters. The van der Waals surface area contributed by atoms with Gasteiger partial charge in [-0.05, 0) is 41.3 Å². The van der Waals surface area contributed by atoms with Gasteiger partial charge in [-0.25, -0.2) is 13.6 Å². The van der Waals surface area contributed by atoms with Crippen LogP contribution in [0.25, 0.3) is 0 Å². The van der Waals surface area contributed by atoms with Crippen molar-refractivity contribution in [2.24, 2.45) is 0 Å². The standard InChI is InChI=1S/C22H20BrF5N2O4/c1-2-18(22(26,27)28)29-11-6-15(24)19(16(25)7-11)20(31)30-17(21(32)33)5-10-3-4-14(23)13-9-34-8-12(10)13/h3-4,6-7,17-18,29H,2,5,8-9H2,1H3,(H,30,31)(H,32,33). The second-order valence-electron chi connectivity index (χ2n) is 7.69. The Hall–Kier alpha value is -2.73. The molecule has 34 heavy (non-hydrogen) atoms. The summed E-state index contributed by atoms with van der Waals surface area (Å²) in [5.41, 5.74) is 0.592. The van der Waals surface area contributed by atoms with Gasteiger partial charge >= 0.3 is 12.1 Å². The van der Waals surface area contributed by atoms with Crippen LogP contribution in [0.1, 0.15) is 40.4 Å². The van der Waals surface area contributed by atoms with Crippen LogP contribution in [-0.4, -0.2) is 35.2 Å². The number of carboxylic acids is 1. The summed E-state index contributed by atoms with van der Waals surface area (Å²) in [6.45, 7) is 1.83. The van der Waals surface area contributed by atoms with Crippen molar-refractivity contribution >= 4 is 33.5 Å². The van der Waals surface area contributed by atoms with Crippen LogP contribution in [0.3, 0.4) is 0 Å². The number of carbonyl (C=O) groups is 2. The first-order valence-electron chi connectivity index (χ1n) is 10.1. The fourth-order valence-electron chi connectivity index (χ4n) is 3.64. The van der Waals surface area contributed by atoms with E-state index in [1.165, 1.54) is 6.92 Å². The molecule has 0 bridgehead atoms. The summed E-state index contributed by atoms with van der Waals surface area (Å²) in [5.74, 6) is -5.64. The Kier molecular flexibility index (Phi) is 7.81. The molecule has 0 radical (unpaired) electrons. The molecule has 2 unspecified atom stereocenters. The van der Waals surface area contributed by atoms with Gasteiger partial charge in [0.05, 0.1) is 13.2 Å². The Morgan fingerprint density at radius 3 is 2.32 bits per heavy atom. The summed E-state index contributed by atoms with van der Waals surface area (Å²) in [6, 6.07) is 0.914. The van der Waals surface area contributed by atoms with Crippen molar-refractivity contribution in [3.8, 4) is 0 Å². The minimum absolute atomic E-state index is 0.174. The fraction of sp³-hybridized carbons (Fsp3) is 0.364. The van der Waals surface area contributed by atoms with E-state index < -0.39 is 53.0 Å². The third-order valence-electron chi connectivity index (χ3n) is 5.40. The van der Waals surface area contributed by atoms with Crippen LogP contribution < -0.4 is 10.6 Å². The van der Waals surface area contributed by atoms with E-state index in [0.717, 1.165) is 15.6 Å². The Balaban J connectivity index is 1.81. The SMILES string of the molecule is CCC(Nc1cc(F)c(C(=O)NC(Cc2ccc(Br)c3c2COC3)C(=O)O)c(F)c1)C(F)(F)F. The number of nitrogens with one attached hydrogen (secondary N) is 2. The molecular formula is C22H20BrF5N2O4. The zero-order valence-electron chi connectivity index (χ0n) is 17.7. The highest BCUT2D eigenvalue weighted by atomic mass is 79.9. The van der Waals surface area contributed by atoms with Gasteiger partial charge in [0.15, 0.2) is 0 Å². The van der Waals surface area contributed by atoms with Gasteiger partial charge in [0.25, 0.3) is 5.91 Å². The van der Waals surface area contributed by atoms with Gasteiger partial charge in [0.1, 0.15) is 29.3 Å². The predicted octanol–water partition coefficient (Wildman–Crippen LogP) is 4.94. The second-order valence-corrected chi connectivity index (χ2v) is 8.54. The van der Waals surface area contributed by atoms with Crippen LogP contribution in [0.5, 0.6) is 0 Å². The lowest BCUT2D eigenvalue weighted by molar-refractivity contribution is -0.143. The molecule has 0 fully saturated rings. The molecule has 0 spiro atoms. The number of anilines is 1. The molecule has 1 heterocycles. The molecule has 184 valence electrons. The highest BCUT2D eigenvalue weighted by Crippen LogP contribution is 2.31. The van der Waals surface area contributed by atoms with Crippen LogP contribution in [0, 0.1) is 11.6 Å². The van der Waals surface area contributed by atoms with E-state index in [1.807, 2.05) is 5.32 Å². The maximum Gasteiger partial charge on any atom is 0.408 e. The van der Waals surface area contributed by atoms with E-state index in [0.29, 0.717) is 24.3 Å². The summed E-state index contributed by atoms with van der Waals surface area (Å²) >= 11 is 3.38. The van der Waals surface area contributed by atoms with Crippen LogP contribution >= 0.6 is 15.9 Å². The van der Waals surface area contributed by atoms with Crippen molar-refractivity contribution < 1.29 is 41.4 Å². The number of amides is 1. The number of carbonyl (C=O) groups excluding carboxylic acids is 1. The molecule has 0 aliphatic carbocycles. The van der Waals surface area contributed by atoms with Crippen molar-refractivity contribution in [3.05, 3.63) is 62.6 Å². The van der Waals surface area contributed by atoms with Crippen molar-refractivity contribution in [2.75, 3.05) is 5.32 Å². The largest absolute Gasteiger partial charge is 0.480 e. The van der Waals surface area contributed by atoms with E-state index in [2.05, 4.69) is 21.2 Å². The lowest BCUT2D eigenvalue weighted by atomic mass is 9.97. The van der Waals surface area contributed by atoms with E-state index in [1.54, 1.807) is 12.1 Å². The molecule has 1 aliphatic heterocycles. The van der Waals surface area contributed by atoms with E-state index in [9.17, 15) is 36.6 Å². The topological polar surface area (TPSA) is 87.7 Å². The summed E-state index contributed by atoms with van der Waals surface area (Å²) in [6.07, 6.45) is -5.21. The first-order chi connectivity index (χ1) is 15.9.